The Labute approximate surface area is 106 Å². The van der Waals surface area contributed by atoms with Gasteiger partial charge in [0.05, 0.1) is 11.3 Å². The van der Waals surface area contributed by atoms with E-state index in [1.807, 2.05) is 0 Å². The van der Waals surface area contributed by atoms with Crippen molar-refractivity contribution in [3.8, 4) is 11.1 Å². The van der Waals surface area contributed by atoms with Crippen LogP contribution in [-0.4, -0.2) is 5.16 Å². The second-order valence-corrected chi connectivity index (χ2v) is 5.61. The van der Waals surface area contributed by atoms with Gasteiger partial charge >= 0.3 is 0 Å². The van der Waals surface area contributed by atoms with E-state index in [1.165, 1.54) is 12.1 Å². The van der Waals surface area contributed by atoms with Crippen molar-refractivity contribution < 1.29 is 8.91 Å². The Bertz CT molecular complexity index is 538. The minimum atomic E-state index is -0.272. The second kappa shape index (κ2) is 4.44. The number of benzene rings is 1. The zero-order valence-corrected chi connectivity index (χ0v) is 10.8. The first-order chi connectivity index (χ1) is 8.37. The molecule has 96 valence electrons. The van der Waals surface area contributed by atoms with E-state index < -0.39 is 0 Å². The molecule has 0 fully saturated rings. The molecule has 0 bridgehead atoms. The van der Waals surface area contributed by atoms with Gasteiger partial charge in [-0.25, -0.2) is 4.39 Å². The van der Waals surface area contributed by atoms with Gasteiger partial charge in [0.2, 0.25) is 5.88 Å². The Morgan fingerprint density at radius 2 is 1.83 bits per heavy atom. The fourth-order valence-electron chi connectivity index (χ4n) is 1.89. The van der Waals surface area contributed by atoms with Gasteiger partial charge in [0.15, 0.2) is 0 Å². The van der Waals surface area contributed by atoms with Crippen LogP contribution in [-0.2, 0) is 6.42 Å². The van der Waals surface area contributed by atoms with Crippen molar-refractivity contribution in [2.45, 2.75) is 27.2 Å². The monoisotopic (exact) mass is 248 g/mol. The molecule has 0 aliphatic heterocycles. The Balaban J connectivity index is 2.43. The van der Waals surface area contributed by atoms with Crippen molar-refractivity contribution in [3.05, 3.63) is 35.8 Å². The molecule has 1 heterocycles. The van der Waals surface area contributed by atoms with Crippen LogP contribution in [0.2, 0.25) is 0 Å². The zero-order chi connectivity index (χ0) is 13.3. The summed E-state index contributed by atoms with van der Waals surface area (Å²) in [6, 6.07) is 6.18. The molecular weight excluding hydrogens is 231 g/mol. The van der Waals surface area contributed by atoms with Crippen molar-refractivity contribution in [1.82, 2.24) is 5.16 Å². The van der Waals surface area contributed by atoms with Crippen molar-refractivity contribution in [1.29, 1.82) is 0 Å². The van der Waals surface area contributed by atoms with Crippen LogP contribution >= 0.6 is 0 Å². The molecule has 2 N–H and O–H groups in total. The summed E-state index contributed by atoms with van der Waals surface area (Å²) in [6.45, 7) is 6.35. The Morgan fingerprint density at radius 1 is 1.22 bits per heavy atom. The summed E-state index contributed by atoms with van der Waals surface area (Å²) in [5, 5.41) is 4.01. The van der Waals surface area contributed by atoms with Gasteiger partial charge in [-0.3, -0.25) is 0 Å². The standard InChI is InChI=1S/C14H17FN2O/c1-14(2,3)8-11-12(13(16)18-17-11)9-4-6-10(15)7-5-9/h4-7H,8,16H2,1-3H3. The molecule has 0 saturated heterocycles. The molecule has 0 atom stereocenters. The summed E-state index contributed by atoms with van der Waals surface area (Å²) in [4.78, 5) is 0. The van der Waals surface area contributed by atoms with Gasteiger partial charge in [-0.05, 0) is 29.5 Å². The predicted molar refractivity (Wildman–Crippen MR) is 69.5 cm³/mol. The first kappa shape index (κ1) is 12.6. The molecule has 18 heavy (non-hydrogen) atoms. The molecule has 3 nitrogen and oxygen atoms in total. The topological polar surface area (TPSA) is 52.0 Å². The third kappa shape index (κ3) is 2.70. The zero-order valence-electron chi connectivity index (χ0n) is 10.8. The molecule has 0 spiro atoms. The summed E-state index contributed by atoms with van der Waals surface area (Å²) in [7, 11) is 0. The molecule has 0 aliphatic carbocycles. The van der Waals surface area contributed by atoms with Crippen LogP contribution in [0.15, 0.2) is 28.8 Å². The number of hydrogen-bond acceptors (Lipinski definition) is 3. The summed E-state index contributed by atoms with van der Waals surface area (Å²) in [6.07, 6.45) is 0.750. The van der Waals surface area contributed by atoms with E-state index >= 15 is 0 Å². The number of halogens is 1. The molecular formula is C14H17FN2O. The molecule has 4 heteroatoms. The summed E-state index contributed by atoms with van der Waals surface area (Å²) >= 11 is 0. The molecule has 2 rings (SSSR count). The Kier molecular flexibility index (Phi) is 3.11. The summed E-state index contributed by atoms with van der Waals surface area (Å²) in [5.74, 6) is 0.00649. The molecule has 0 aliphatic rings. The largest absolute Gasteiger partial charge is 0.367 e. The predicted octanol–water partition coefficient (Wildman–Crippen LogP) is 3.65. The minimum Gasteiger partial charge on any atom is -0.367 e. The van der Waals surface area contributed by atoms with E-state index in [4.69, 9.17) is 10.3 Å². The van der Waals surface area contributed by atoms with Gasteiger partial charge in [0, 0.05) is 0 Å². The fourth-order valence-corrected chi connectivity index (χ4v) is 1.89. The van der Waals surface area contributed by atoms with E-state index in [1.54, 1.807) is 12.1 Å². The highest BCUT2D eigenvalue weighted by Gasteiger charge is 2.21. The first-order valence-corrected chi connectivity index (χ1v) is 5.87. The van der Waals surface area contributed by atoms with Crippen molar-refractivity contribution >= 4 is 5.88 Å². The highest BCUT2D eigenvalue weighted by atomic mass is 19.1. The van der Waals surface area contributed by atoms with Gasteiger partial charge in [-0.2, -0.15) is 0 Å². The van der Waals surface area contributed by atoms with Crippen LogP contribution in [0.25, 0.3) is 11.1 Å². The first-order valence-electron chi connectivity index (χ1n) is 5.87. The van der Waals surface area contributed by atoms with Gasteiger partial charge in [-0.15, -0.1) is 0 Å². The molecule has 0 saturated carbocycles. The average Bonchev–Trinajstić information content (AvgIpc) is 2.59. The van der Waals surface area contributed by atoms with Crippen molar-refractivity contribution in [2.24, 2.45) is 5.41 Å². The van der Waals surface area contributed by atoms with Gasteiger partial charge in [-0.1, -0.05) is 38.1 Å². The maximum Gasteiger partial charge on any atom is 0.230 e. The van der Waals surface area contributed by atoms with E-state index in [9.17, 15) is 4.39 Å². The quantitative estimate of drug-likeness (QED) is 0.882. The number of anilines is 1. The van der Waals surface area contributed by atoms with E-state index in [0.717, 1.165) is 23.2 Å². The average molecular weight is 248 g/mol. The lowest BCUT2D eigenvalue weighted by molar-refractivity contribution is 0.377. The normalized spacial score (nSPS) is 11.8. The number of nitrogen functional groups attached to an aromatic ring is 1. The van der Waals surface area contributed by atoms with Gasteiger partial charge in [0.1, 0.15) is 5.82 Å². The fraction of sp³-hybridized carbons (Fsp3) is 0.357. The van der Waals surface area contributed by atoms with E-state index in [0.29, 0.717) is 0 Å². The molecule has 0 amide bonds. The maximum absolute atomic E-state index is 12.9. The second-order valence-electron chi connectivity index (χ2n) is 5.61. The highest BCUT2D eigenvalue weighted by Crippen LogP contribution is 2.33. The number of nitrogens with zero attached hydrogens (tertiary/aromatic N) is 1. The highest BCUT2D eigenvalue weighted by molar-refractivity contribution is 5.75. The van der Waals surface area contributed by atoms with Crippen LogP contribution in [0.5, 0.6) is 0 Å². The molecule has 1 aromatic heterocycles. The number of aromatic nitrogens is 1. The Morgan fingerprint density at radius 3 is 2.39 bits per heavy atom. The van der Waals surface area contributed by atoms with Crippen LogP contribution in [0, 0.1) is 11.2 Å². The SMILES string of the molecule is CC(C)(C)Cc1noc(N)c1-c1ccc(F)cc1. The lowest BCUT2D eigenvalue weighted by atomic mass is 9.88. The smallest absolute Gasteiger partial charge is 0.230 e. The summed E-state index contributed by atoms with van der Waals surface area (Å²) < 4.78 is 18.0. The summed E-state index contributed by atoms with van der Waals surface area (Å²) in [5.41, 5.74) is 8.30. The third-order valence-electron chi connectivity index (χ3n) is 2.62. The van der Waals surface area contributed by atoms with Crippen molar-refractivity contribution in [2.75, 3.05) is 5.73 Å². The van der Waals surface area contributed by atoms with E-state index in [2.05, 4.69) is 25.9 Å². The lowest BCUT2D eigenvalue weighted by Gasteiger charge is -2.16. The van der Waals surface area contributed by atoms with Crippen LogP contribution < -0.4 is 5.73 Å². The Hall–Kier alpha value is -1.84. The lowest BCUT2D eigenvalue weighted by Crippen LogP contribution is -2.10. The molecule has 2 aromatic rings. The molecule has 0 unspecified atom stereocenters. The van der Waals surface area contributed by atoms with Crippen LogP contribution in [0.4, 0.5) is 10.3 Å². The maximum atomic E-state index is 12.9. The van der Waals surface area contributed by atoms with Crippen LogP contribution in [0.1, 0.15) is 26.5 Å². The molecule has 1 aromatic carbocycles. The number of rotatable bonds is 2. The van der Waals surface area contributed by atoms with Gasteiger partial charge < -0.3 is 10.3 Å². The number of hydrogen-bond donors (Lipinski definition) is 1. The minimum absolute atomic E-state index is 0.0814. The van der Waals surface area contributed by atoms with Gasteiger partial charge in [0.25, 0.3) is 0 Å². The van der Waals surface area contributed by atoms with Crippen LogP contribution in [0.3, 0.4) is 0 Å². The third-order valence-corrected chi connectivity index (χ3v) is 2.62. The molecule has 0 radical (unpaired) electrons. The van der Waals surface area contributed by atoms with Crippen molar-refractivity contribution in [3.63, 3.8) is 0 Å². The number of nitrogens with two attached hydrogens (primary N) is 1. The van der Waals surface area contributed by atoms with E-state index in [-0.39, 0.29) is 17.1 Å².